The molecule has 0 aliphatic heterocycles. The zero-order valence-corrected chi connectivity index (χ0v) is 13.8. The molecule has 0 aliphatic carbocycles. The SMILES string of the molecule is CN(C)c1ccc(Cl)cc1NC(=O)c1ccc(Br)c(F)c1. The van der Waals surface area contributed by atoms with Gasteiger partial charge in [-0.15, -0.1) is 0 Å². The van der Waals surface area contributed by atoms with Gasteiger partial charge in [-0.1, -0.05) is 11.6 Å². The number of amides is 1. The molecule has 0 radical (unpaired) electrons. The van der Waals surface area contributed by atoms with Crippen molar-refractivity contribution in [3.05, 3.63) is 57.3 Å². The van der Waals surface area contributed by atoms with Crippen LogP contribution in [0.1, 0.15) is 10.4 Å². The highest BCUT2D eigenvalue weighted by Crippen LogP contribution is 2.28. The lowest BCUT2D eigenvalue weighted by Gasteiger charge is -2.18. The zero-order valence-electron chi connectivity index (χ0n) is 11.5. The third-order valence-electron chi connectivity index (χ3n) is 2.87. The van der Waals surface area contributed by atoms with Crippen LogP contribution >= 0.6 is 27.5 Å². The Kier molecular flexibility index (Phi) is 4.85. The molecule has 2 aromatic rings. The summed E-state index contributed by atoms with van der Waals surface area (Å²) in [5, 5.41) is 3.26. The van der Waals surface area contributed by atoms with Crippen molar-refractivity contribution in [3.8, 4) is 0 Å². The molecule has 21 heavy (non-hydrogen) atoms. The number of nitrogens with one attached hydrogen (secondary N) is 1. The number of anilines is 2. The quantitative estimate of drug-likeness (QED) is 0.858. The molecule has 1 amide bonds. The average molecular weight is 372 g/mol. The minimum Gasteiger partial charge on any atom is -0.376 e. The Balaban J connectivity index is 2.30. The number of rotatable bonds is 3. The second-order valence-corrected chi connectivity index (χ2v) is 5.93. The van der Waals surface area contributed by atoms with Crippen molar-refractivity contribution >= 4 is 44.8 Å². The topological polar surface area (TPSA) is 32.3 Å². The van der Waals surface area contributed by atoms with Crippen molar-refractivity contribution in [2.24, 2.45) is 0 Å². The Bertz CT molecular complexity index is 691. The third kappa shape index (κ3) is 3.74. The fourth-order valence-electron chi connectivity index (χ4n) is 1.83. The number of hydrogen-bond acceptors (Lipinski definition) is 2. The van der Waals surface area contributed by atoms with Gasteiger partial charge in [0.1, 0.15) is 5.82 Å². The van der Waals surface area contributed by atoms with Crippen LogP contribution in [0.5, 0.6) is 0 Å². The Morgan fingerprint density at radius 3 is 2.57 bits per heavy atom. The van der Waals surface area contributed by atoms with Crippen LogP contribution in [0.25, 0.3) is 0 Å². The first-order chi connectivity index (χ1) is 9.88. The summed E-state index contributed by atoms with van der Waals surface area (Å²) in [6.45, 7) is 0. The molecule has 0 aliphatic rings. The highest BCUT2D eigenvalue weighted by atomic mass is 79.9. The molecule has 0 bridgehead atoms. The second kappa shape index (κ2) is 6.45. The van der Waals surface area contributed by atoms with Crippen LogP contribution in [-0.2, 0) is 0 Å². The molecular weight excluding hydrogens is 359 g/mol. The van der Waals surface area contributed by atoms with Crippen LogP contribution in [0.4, 0.5) is 15.8 Å². The van der Waals surface area contributed by atoms with E-state index in [2.05, 4.69) is 21.2 Å². The molecule has 110 valence electrons. The van der Waals surface area contributed by atoms with Crippen LogP contribution in [0.15, 0.2) is 40.9 Å². The molecule has 0 aromatic heterocycles. The van der Waals surface area contributed by atoms with Gasteiger partial charge in [-0.25, -0.2) is 4.39 Å². The predicted octanol–water partition coefficient (Wildman–Crippen LogP) is 4.56. The molecule has 1 N–H and O–H groups in total. The normalized spacial score (nSPS) is 10.3. The van der Waals surface area contributed by atoms with Gasteiger partial charge in [-0.3, -0.25) is 4.79 Å². The average Bonchev–Trinajstić information content (AvgIpc) is 2.41. The van der Waals surface area contributed by atoms with E-state index in [1.807, 2.05) is 19.0 Å². The van der Waals surface area contributed by atoms with E-state index in [1.54, 1.807) is 24.3 Å². The van der Waals surface area contributed by atoms with E-state index < -0.39 is 11.7 Å². The molecule has 0 saturated carbocycles. The standard InChI is InChI=1S/C15H13BrClFN2O/c1-20(2)14-6-4-10(17)8-13(14)19-15(21)9-3-5-11(16)12(18)7-9/h3-8H,1-2H3,(H,19,21). The Labute approximate surface area is 135 Å². The number of carbonyl (C=O) groups excluding carboxylic acids is 1. The Morgan fingerprint density at radius 1 is 1.24 bits per heavy atom. The van der Waals surface area contributed by atoms with Crippen molar-refractivity contribution in [1.29, 1.82) is 0 Å². The zero-order chi connectivity index (χ0) is 15.6. The first-order valence-electron chi connectivity index (χ1n) is 6.12. The molecule has 2 rings (SSSR count). The summed E-state index contributed by atoms with van der Waals surface area (Å²) in [5.41, 5.74) is 1.62. The largest absolute Gasteiger partial charge is 0.376 e. The maximum atomic E-state index is 13.5. The van der Waals surface area contributed by atoms with E-state index in [0.29, 0.717) is 15.2 Å². The van der Waals surface area contributed by atoms with Gasteiger partial charge in [0.05, 0.1) is 15.8 Å². The van der Waals surface area contributed by atoms with Gasteiger partial charge >= 0.3 is 0 Å². The van der Waals surface area contributed by atoms with Crippen LogP contribution in [0.2, 0.25) is 5.02 Å². The van der Waals surface area contributed by atoms with Crippen LogP contribution in [0.3, 0.4) is 0 Å². The molecule has 0 heterocycles. The molecule has 0 fully saturated rings. The molecule has 2 aromatic carbocycles. The van der Waals surface area contributed by atoms with Gasteiger partial charge in [0, 0.05) is 24.7 Å². The smallest absolute Gasteiger partial charge is 0.255 e. The van der Waals surface area contributed by atoms with Crippen molar-refractivity contribution in [2.75, 3.05) is 24.3 Å². The van der Waals surface area contributed by atoms with E-state index in [0.717, 1.165) is 5.69 Å². The Morgan fingerprint density at radius 2 is 1.95 bits per heavy atom. The molecule has 0 spiro atoms. The summed E-state index contributed by atoms with van der Waals surface area (Å²) in [6.07, 6.45) is 0. The predicted molar refractivity (Wildman–Crippen MR) is 87.8 cm³/mol. The van der Waals surface area contributed by atoms with Gasteiger partial charge in [0.25, 0.3) is 5.91 Å². The van der Waals surface area contributed by atoms with Gasteiger partial charge < -0.3 is 10.2 Å². The fourth-order valence-corrected chi connectivity index (χ4v) is 2.25. The minimum atomic E-state index is -0.485. The van der Waals surface area contributed by atoms with Crippen LogP contribution in [0, 0.1) is 5.82 Å². The maximum Gasteiger partial charge on any atom is 0.255 e. The first kappa shape index (κ1) is 15.8. The highest BCUT2D eigenvalue weighted by molar-refractivity contribution is 9.10. The molecule has 3 nitrogen and oxygen atoms in total. The van der Waals surface area contributed by atoms with Crippen molar-refractivity contribution in [1.82, 2.24) is 0 Å². The second-order valence-electron chi connectivity index (χ2n) is 4.64. The van der Waals surface area contributed by atoms with E-state index in [4.69, 9.17) is 11.6 Å². The van der Waals surface area contributed by atoms with Gasteiger partial charge in [-0.05, 0) is 52.3 Å². The highest BCUT2D eigenvalue weighted by Gasteiger charge is 2.12. The number of hydrogen-bond donors (Lipinski definition) is 1. The van der Waals surface area contributed by atoms with Crippen molar-refractivity contribution < 1.29 is 9.18 Å². The molecule has 0 unspecified atom stereocenters. The summed E-state index contributed by atoms with van der Waals surface area (Å²) in [7, 11) is 3.72. The van der Waals surface area contributed by atoms with Crippen molar-refractivity contribution in [3.63, 3.8) is 0 Å². The number of nitrogens with zero attached hydrogens (tertiary/aromatic N) is 1. The number of carbonyl (C=O) groups is 1. The third-order valence-corrected chi connectivity index (χ3v) is 3.75. The lowest BCUT2D eigenvalue weighted by Crippen LogP contribution is -2.16. The number of benzene rings is 2. The summed E-state index contributed by atoms with van der Waals surface area (Å²) in [5.74, 6) is -0.881. The van der Waals surface area contributed by atoms with Gasteiger partial charge in [-0.2, -0.15) is 0 Å². The molecule has 0 saturated heterocycles. The van der Waals surface area contributed by atoms with E-state index >= 15 is 0 Å². The molecule has 0 atom stereocenters. The summed E-state index contributed by atoms with van der Waals surface area (Å²) in [4.78, 5) is 14.1. The molecule has 6 heteroatoms. The van der Waals surface area contributed by atoms with Crippen LogP contribution in [-0.4, -0.2) is 20.0 Å². The van der Waals surface area contributed by atoms with E-state index in [9.17, 15) is 9.18 Å². The molecular formula is C15H13BrClFN2O. The maximum absolute atomic E-state index is 13.5. The number of halogens is 3. The van der Waals surface area contributed by atoms with Crippen LogP contribution < -0.4 is 10.2 Å². The lowest BCUT2D eigenvalue weighted by molar-refractivity contribution is 0.102. The summed E-state index contributed by atoms with van der Waals surface area (Å²) < 4.78 is 13.8. The van der Waals surface area contributed by atoms with Gasteiger partial charge in [0.15, 0.2) is 0 Å². The summed E-state index contributed by atoms with van der Waals surface area (Å²) in [6, 6.07) is 9.42. The minimum absolute atomic E-state index is 0.236. The van der Waals surface area contributed by atoms with Gasteiger partial charge in [0.2, 0.25) is 0 Å². The van der Waals surface area contributed by atoms with E-state index in [-0.39, 0.29) is 5.56 Å². The fraction of sp³-hybridized carbons (Fsp3) is 0.133. The first-order valence-corrected chi connectivity index (χ1v) is 7.29. The van der Waals surface area contributed by atoms with E-state index in [1.165, 1.54) is 12.1 Å². The Hall–Kier alpha value is -1.59. The van der Waals surface area contributed by atoms with Crippen molar-refractivity contribution in [2.45, 2.75) is 0 Å². The monoisotopic (exact) mass is 370 g/mol. The lowest BCUT2D eigenvalue weighted by atomic mass is 10.2. The summed E-state index contributed by atoms with van der Waals surface area (Å²) >= 11 is 9.02.